The zero-order valence-electron chi connectivity index (χ0n) is 16.0. The molecule has 1 N–H and O–H groups in total. The lowest BCUT2D eigenvalue weighted by molar-refractivity contribution is 0.549. The smallest absolute Gasteiger partial charge is 0.174 e. The lowest BCUT2D eigenvalue weighted by Gasteiger charge is -2.29. The topological polar surface area (TPSA) is 33.1 Å². The molecule has 2 atom stereocenters. The van der Waals surface area contributed by atoms with Gasteiger partial charge in [0.05, 0.1) is 11.7 Å². The predicted octanol–water partition coefficient (Wildman–Crippen LogP) is 5.81. The van der Waals surface area contributed by atoms with Crippen LogP contribution >= 0.6 is 28.1 Å². The molecule has 3 heterocycles. The van der Waals surface area contributed by atoms with E-state index in [0.29, 0.717) is 5.11 Å². The molecule has 0 bridgehead atoms. The van der Waals surface area contributed by atoms with Crippen LogP contribution in [0.1, 0.15) is 23.5 Å². The summed E-state index contributed by atoms with van der Waals surface area (Å²) in [5.74, 6) is 0. The van der Waals surface area contributed by atoms with Gasteiger partial charge in [0.25, 0.3) is 0 Å². The molecule has 0 unspecified atom stereocenters. The Morgan fingerprint density at radius 3 is 2.33 bits per heavy atom. The van der Waals surface area contributed by atoms with Crippen molar-refractivity contribution in [3.05, 3.63) is 113 Å². The van der Waals surface area contributed by atoms with E-state index in [9.17, 15) is 0 Å². The van der Waals surface area contributed by atoms with Crippen molar-refractivity contribution in [1.82, 2.24) is 14.9 Å². The number of thiocarbonyl (C=S) groups is 1. The molecule has 0 radical (unpaired) electrons. The first-order valence-corrected chi connectivity index (χ1v) is 10.9. The summed E-state index contributed by atoms with van der Waals surface area (Å²) in [6.45, 7) is 0. The highest BCUT2D eigenvalue weighted by Gasteiger charge is 2.42. The van der Waals surface area contributed by atoms with E-state index in [-0.39, 0.29) is 12.1 Å². The van der Waals surface area contributed by atoms with Crippen molar-refractivity contribution in [2.75, 3.05) is 4.90 Å². The Morgan fingerprint density at radius 1 is 0.833 bits per heavy atom. The number of para-hydroxylation sites is 1. The fourth-order valence-electron chi connectivity index (χ4n) is 3.99. The van der Waals surface area contributed by atoms with Gasteiger partial charge in [0.15, 0.2) is 5.11 Å². The highest BCUT2D eigenvalue weighted by atomic mass is 79.9. The average molecular weight is 475 g/mol. The predicted molar refractivity (Wildman–Crippen MR) is 128 cm³/mol. The van der Waals surface area contributed by atoms with Gasteiger partial charge in [-0.2, -0.15) is 0 Å². The minimum Gasteiger partial charge on any atom is -0.351 e. The minimum absolute atomic E-state index is 0.0477. The third-order valence-corrected chi connectivity index (χ3v) is 6.16. The van der Waals surface area contributed by atoms with Crippen molar-refractivity contribution in [2.45, 2.75) is 12.1 Å². The van der Waals surface area contributed by atoms with E-state index in [2.05, 4.69) is 96.5 Å². The molecule has 5 rings (SSSR count). The molecule has 2 aromatic heterocycles. The molecule has 4 nitrogen and oxygen atoms in total. The van der Waals surface area contributed by atoms with E-state index >= 15 is 0 Å². The summed E-state index contributed by atoms with van der Waals surface area (Å²) in [6, 6.07) is 28.7. The van der Waals surface area contributed by atoms with Gasteiger partial charge in [-0.05, 0) is 72.9 Å². The Kier molecular flexibility index (Phi) is 5.11. The lowest BCUT2D eigenvalue weighted by atomic mass is 10.0. The van der Waals surface area contributed by atoms with Crippen molar-refractivity contribution in [3.8, 4) is 5.69 Å². The molecule has 148 valence electrons. The van der Waals surface area contributed by atoms with Crippen LogP contribution in [0.4, 0.5) is 5.69 Å². The first-order valence-electron chi connectivity index (χ1n) is 9.71. The summed E-state index contributed by atoms with van der Waals surface area (Å²) in [6.07, 6.45) is 3.93. The monoisotopic (exact) mass is 474 g/mol. The van der Waals surface area contributed by atoms with Crippen LogP contribution in [-0.4, -0.2) is 14.7 Å². The fraction of sp³-hybridized carbons (Fsp3) is 0.0833. The van der Waals surface area contributed by atoms with Gasteiger partial charge < -0.3 is 14.8 Å². The summed E-state index contributed by atoms with van der Waals surface area (Å²) in [5.41, 5.74) is 4.27. The Bertz CT molecular complexity index is 1160. The van der Waals surface area contributed by atoms with Gasteiger partial charge in [-0.3, -0.25) is 4.98 Å². The molecule has 1 fully saturated rings. The first kappa shape index (κ1) is 19.0. The number of halogens is 1. The second-order valence-electron chi connectivity index (χ2n) is 7.11. The molecular weight excluding hydrogens is 456 g/mol. The van der Waals surface area contributed by atoms with Gasteiger partial charge in [-0.15, -0.1) is 0 Å². The molecule has 4 aromatic rings. The minimum atomic E-state index is -0.0667. The van der Waals surface area contributed by atoms with Gasteiger partial charge in [-0.1, -0.05) is 40.2 Å². The number of benzene rings is 2. The maximum Gasteiger partial charge on any atom is 0.174 e. The number of aromatic nitrogens is 2. The second-order valence-corrected chi connectivity index (χ2v) is 8.41. The third-order valence-electron chi connectivity index (χ3n) is 5.32. The van der Waals surface area contributed by atoms with Crippen LogP contribution in [0.5, 0.6) is 0 Å². The quantitative estimate of drug-likeness (QED) is 0.378. The fourth-order valence-corrected chi connectivity index (χ4v) is 4.60. The van der Waals surface area contributed by atoms with Gasteiger partial charge >= 0.3 is 0 Å². The molecule has 1 saturated heterocycles. The Hall–Kier alpha value is -2.96. The normalized spacial score (nSPS) is 18.4. The molecule has 1 aliphatic heterocycles. The zero-order chi connectivity index (χ0) is 20.5. The molecule has 1 aliphatic rings. The number of nitrogens with zero attached hydrogens (tertiary/aromatic N) is 3. The van der Waals surface area contributed by atoms with Gasteiger partial charge in [0, 0.05) is 33.9 Å². The number of pyridine rings is 1. The van der Waals surface area contributed by atoms with Crippen molar-refractivity contribution in [1.29, 1.82) is 0 Å². The highest BCUT2D eigenvalue weighted by molar-refractivity contribution is 9.10. The lowest BCUT2D eigenvalue weighted by Crippen LogP contribution is -2.30. The standard InChI is InChI=1S/C24H19BrN4S/c25-17-11-13-18(14-12-17)28-16-6-10-21(28)23-22(20-9-4-5-15-26-20)27-24(30)29(23)19-7-2-1-3-8-19/h1-16,22-23H,(H,27,30)/t22-,23+/m1/s1. The Morgan fingerprint density at radius 2 is 1.60 bits per heavy atom. The molecule has 0 spiro atoms. The number of hydrogen-bond donors (Lipinski definition) is 1. The maximum atomic E-state index is 5.80. The van der Waals surface area contributed by atoms with Crippen LogP contribution in [0, 0.1) is 0 Å². The summed E-state index contributed by atoms with van der Waals surface area (Å²) < 4.78 is 3.28. The van der Waals surface area contributed by atoms with E-state index in [1.165, 1.54) is 0 Å². The number of rotatable bonds is 4. The van der Waals surface area contributed by atoms with Gasteiger partial charge in [0.1, 0.15) is 6.04 Å². The van der Waals surface area contributed by atoms with Crippen LogP contribution in [0.25, 0.3) is 5.69 Å². The van der Waals surface area contributed by atoms with Crippen LogP contribution in [0.3, 0.4) is 0 Å². The highest BCUT2D eigenvalue weighted by Crippen LogP contribution is 2.42. The van der Waals surface area contributed by atoms with Gasteiger partial charge in [-0.25, -0.2) is 0 Å². The molecule has 0 aliphatic carbocycles. The molecular formula is C24H19BrN4S. The molecule has 0 amide bonds. The summed E-state index contributed by atoms with van der Waals surface area (Å²) in [7, 11) is 0. The van der Waals surface area contributed by atoms with E-state index in [1.807, 2.05) is 36.5 Å². The van der Waals surface area contributed by atoms with Crippen LogP contribution in [0.2, 0.25) is 0 Å². The van der Waals surface area contributed by atoms with Crippen LogP contribution < -0.4 is 10.2 Å². The van der Waals surface area contributed by atoms with Crippen LogP contribution in [-0.2, 0) is 0 Å². The van der Waals surface area contributed by atoms with Crippen LogP contribution in [0.15, 0.2) is 102 Å². The van der Waals surface area contributed by atoms with Gasteiger partial charge in [0.2, 0.25) is 0 Å². The maximum absolute atomic E-state index is 5.80. The number of hydrogen-bond acceptors (Lipinski definition) is 2. The number of anilines is 1. The third kappa shape index (κ3) is 3.42. The Balaban J connectivity index is 1.66. The molecule has 0 saturated carbocycles. The van der Waals surface area contributed by atoms with Crippen molar-refractivity contribution in [2.24, 2.45) is 0 Å². The van der Waals surface area contributed by atoms with E-state index in [4.69, 9.17) is 12.2 Å². The van der Waals surface area contributed by atoms with E-state index in [1.54, 1.807) is 0 Å². The van der Waals surface area contributed by atoms with E-state index in [0.717, 1.165) is 27.2 Å². The number of nitrogens with one attached hydrogen (secondary N) is 1. The zero-order valence-corrected chi connectivity index (χ0v) is 18.4. The van der Waals surface area contributed by atoms with Crippen molar-refractivity contribution >= 4 is 38.9 Å². The molecule has 6 heteroatoms. The summed E-state index contributed by atoms with van der Waals surface area (Å²) in [5, 5.41) is 4.22. The van der Waals surface area contributed by atoms with Crippen molar-refractivity contribution in [3.63, 3.8) is 0 Å². The molecule has 2 aromatic carbocycles. The van der Waals surface area contributed by atoms with E-state index < -0.39 is 0 Å². The second kappa shape index (κ2) is 8.05. The SMILES string of the molecule is S=C1N[C@H](c2ccccn2)[C@H](c2cccn2-c2ccc(Br)cc2)N1c1ccccc1. The molecule has 30 heavy (non-hydrogen) atoms. The summed E-state index contributed by atoms with van der Waals surface area (Å²) >= 11 is 9.33. The first-order chi connectivity index (χ1) is 14.7. The van der Waals surface area contributed by atoms with Crippen molar-refractivity contribution < 1.29 is 0 Å². The largest absolute Gasteiger partial charge is 0.351 e. The average Bonchev–Trinajstić information content (AvgIpc) is 3.40. The Labute approximate surface area is 189 Å². The summed E-state index contributed by atoms with van der Waals surface area (Å²) in [4.78, 5) is 6.83.